The molecule has 1 aromatic rings. The molecule has 0 radical (unpaired) electrons. The summed E-state index contributed by atoms with van der Waals surface area (Å²) in [6, 6.07) is 7.81. The van der Waals surface area contributed by atoms with Crippen molar-refractivity contribution in [2.24, 2.45) is 0 Å². The fourth-order valence-corrected chi connectivity index (χ4v) is 2.63. The van der Waals surface area contributed by atoms with E-state index in [1.165, 1.54) is 32.4 Å². The molecule has 0 saturated carbocycles. The molecule has 1 heterocycles. The minimum atomic E-state index is -0.387. The largest absolute Gasteiger partial charge is 0.494 e. The number of likely N-dealkylation sites (tertiary alicyclic amines) is 1. The zero-order valence-corrected chi connectivity index (χ0v) is 11.8. The summed E-state index contributed by atoms with van der Waals surface area (Å²) in [5.74, 6) is 0.844. The Labute approximate surface area is 116 Å². The number of aliphatic hydroxyl groups excluding tert-OH is 1. The normalized spacial score (nSPS) is 18.2. The van der Waals surface area contributed by atoms with Crippen LogP contribution in [0.5, 0.6) is 5.75 Å². The van der Waals surface area contributed by atoms with Crippen molar-refractivity contribution in [3.63, 3.8) is 0 Å². The third-order valence-electron chi connectivity index (χ3n) is 3.72. The molecule has 1 fully saturated rings. The Morgan fingerprint density at radius 1 is 1.26 bits per heavy atom. The topological polar surface area (TPSA) is 32.7 Å². The molecule has 19 heavy (non-hydrogen) atoms. The molecule has 1 aliphatic heterocycles. The monoisotopic (exact) mass is 263 g/mol. The van der Waals surface area contributed by atoms with E-state index in [0.717, 1.165) is 24.3 Å². The lowest BCUT2D eigenvalue weighted by Gasteiger charge is -2.27. The highest BCUT2D eigenvalue weighted by molar-refractivity contribution is 5.29. The van der Waals surface area contributed by atoms with Crippen LogP contribution in [-0.4, -0.2) is 36.2 Å². The molecule has 106 valence electrons. The second-order valence-corrected chi connectivity index (χ2v) is 5.21. The third kappa shape index (κ3) is 4.51. The van der Waals surface area contributed by atoms with Gasteiger partial charge in [0.15, 0.2) is 0 Å². The van der Waals surface area contributed by atoms with Gasteiger partial charge in [-0.05, 0) is 57.0 Å². The molecule has 1 N–H and O–H groups in total. The second-order valence-electron chi connectivity index (χ2n) is 5.21. The van der Waals surface area contributed by atoms with Crippen molar-refractivity contribution in [3.05, 3.63) is 29.8 Å². The maximum atomic E-state index is 10.3. The van der Waals surface area contributed by atoms with Crippen molar-refractivity contribution in [2.75, 3.05) is 26.2 Å². The summed E-state index contributed by atoms with van der Waals surface area (Å²) in [7, 11) is 0. The number of ether oxygens (including phenoxy) is 1. The van der Waals surface area contributed by atoms with E-state index < -0.39 is 0 Å². The van der Waals surface area contributed by atoms with Crippen LogP contribution in [0.4, 0.5) is 0 Å². The number of benzene rings is 1. The summed E-state index contributed by atoms with van der Waals surface area (Å²) in [4.78, 5) is 2.46. The highest BCUT2D eigenvalue weighted by Crippen LogP contribution is 2.22. The van der Waals surface area contributed by atoms with E-state index >= 15 is 0 Å². The molecule has 0 spiro atoms. The first kappa shape index (κ1) is 14.4. The van der Waals surface area contributed by atoms with Gasteiger partial charge in [-0.3, -0.25) is 0 Å². The van der Waals surface area contributed by atoms with Crippen LogP contribution in [-0.2, 0) is 0 Å². The Morgan fingerprint density at radius 3 is 2.79 bits per heavy atom. The average molecular weight is 263 g/mol. The number of aliphatic hydroxyl groups is 1. The van der Waals surface area contributed by atoms with Gasteiger partial charge in [0.2, 0.25) is 0 Å². The number of hydrogen-bond acceptors (Lipinski definition) is 3. The molecule has 0 bridgehead atoms. The van der Waals surface area contributed by atoms with E-state index in [9.17, 15) is 5.11 Å². The Bertz CT molecular complexity index is 375. The molecular formula is C16H25NO2. The standard InChI is InChI=1S/C16H25NO2/c1-2-19-15-8-6-7-14(13-15)16(18)9-12-17-10-4-3-5-11-17/h6-8,13,16,18H,2-5,9-12H2,1H3. The van der Waals surface area contributed by atoms with Crippen LogP contribution < -0.4 is 4.74 Å². The number of hydrogen-bond donors (Lipinski definition) is 1. The van der Waals surface area contributed by atoms with Crippen molar-refractivity contribution < 1.29 is 9.84 Å². The SMILES string of the molecule is CCOc1cccc(C(O)CCN2CCCCC2)c1. The third-order valence-corrected chi connectivity index (χ3v) is 3.72. The molecule has 1 atom stereocenters. The van der Waals surface area contributed by atoms with Gasteiger partial charge in [-0.2, -0.15) is 0 Å². The van der Waals surface area contributed by atoms with Gasteiger partial charge in [0.25, 0.3) is 0 Å². The van der Waals surface area contributed by atoms with Crippen molar-refractivity contribution >= 4 is 0 Å². The van der Waals surface area contributed by atoms with Gasteiger partial charge in [0, 0.05) is 6.54 Å². The lowest BCUT2D eigenvalue weighted by molar-refractivity contribution is 0.133. The van der Waals surface area contributed by atoms with Crippen molar-refractivity contribution in [1.82, 2.24) is 4.90 Å². The first-order valence-corrected chi connectivity index (χ1v) is 7.43. The lowest BCUT2D eigenvalue weighted by Crippen LogP contribution is -2.31. The van der Waals surface area contributed by atoms with Crippen LogP contribution in [0.1, 0.15) is 44.3 Å². The molecule has 3 nitrogen and oxygen atoms in total. The van der Waals surface area contributed by atoms with Crippen molar-refractivity contribution in [3.8, 4) is 5.75 Å². The fraction of sp³-hybridized carbons (Fsp3) is 0.625. The van der Waals surface area contributed by atoms with E-state index in [1.54, 1.807) is 0 Å². The Hall–Kier alpha value is -1.06. The van der Waals surface area contributed by atoms with E-state index in [0.29, 0.717) is 6.61 Å². The van der Waals surface area contributed by atoms with Gasteiger partial charge in [-0.15, -0.1) is 0 Å². The lowest BCUT2D eigenvalue weighted by atomic mass is 10.0. The van der Waals surface area contributed by atoms with Crippen LogP contribution in [0, 0.1) is 0 Å². The van der Waals surface area contributed by atoms with E-state index in [-0.39, 0.29) is 6.10 Å². The zero-order valence-electron chi connectivity index (χ0n) is 11.8. The van der Waals surface area contributed by atoms with Gasteiger partial charge in [0.05, 0.1) is 12.7 Å². The zero-order chi connectivity index (χ0) is 13.5. The van der Waals surface area contributed by atoms with E-state index in [2.05, 4.69) is 4.90 Å². The molecule has 0 aromatic heterocycles. The average Bonchev–Trinajstić information content (AvgIpc) is 2.46. The Morgan fingerprint density at radius 2 is 2.05 bits per heavy atom. The van der Waals surface area contributed by atoms with Crippen LogP contribution in [0.25, 0.3) is 0 Å². The summed E-state index contributed by atoms with van der Waals surface area (Å²) >= 11 is 0. The molecule has 1 unspecified atom stereocenters. The molecule has 1 aromatic carbocycles. The Balaban J connectivity index is 1.84. The first-order valence-electron chi connectivity index (χ1n) is 7.43. The maximum absolute atomic E-state index is 10.3. The predicted octanol–water partition coefficient (Wildman–Crippen LogP) is 2.99. The van der Waals surface area contributed by atoms with E-state index in [4.69, 9.17) is 4.74 Å². The van der Waals surface area contributed by atoms with Crippen molar-refractivity contribution in [2.45, 2.75) is 38.7 Å². The molecule has 2 rings (SSSR count). The minimum Gasteiger partial charge on any atom is -0.494 e. The van der Waals surface area contributed by atoms with Crippen LogP contribution in [0.2, 0.25) is 0 Å². The number of nitrogens with zero attached hydrogens (tertiary/aromatic N) is 1. The molecule has 1 aliphatic rings. The van der Waals surface area contributed by atoms with Gasteiger partial charge >= 0.3 is 0 Å². The van der Waals surface area contributed by atoms with Crippen LogP contribution in [0.3, 0.4) is 0 Å². The summed E-state index contributed by atoms with van der Waals surface area (Å²) in [5, 5.41) is 10.3. The number of rotatable bonds is 6. The quantitative estimate of drug-likeness (QED) is 0.856. The van der Waals surface area contributed by atoms with E-state index in [1.807, 2.05) is 31.2 Å². The highest BCUT2D eigenvalue weighted by atomic mass is 16.5. The Kier molecular flexibility index (Phi) is 5.67. The molecule has 1 saturated heterocycles. The maximum Gasteiger partial charge on any atom is 0.119 e. The highest BCUT2D eigenvalue weighted by Gasteiger charge is 2.13. The molecule has 3 heteroatoms. The fourth-order valence-electron chi connectivity index (χ4n) is 2.63. The van der Waals surface area contributed by atoms with Gasteiger partial charge in [0.1, 0.15) is 5.75 Å². The predicted molar refractivity (Wildman–Crippen MR) is 77.5 cm³/mol. The molecule has 0 amide bonds. The summed E-state index contributed by atoms with van der Waals surface area (Å²) in [6.45, 7) is 5.99. The van der Waals surface area contributed by atoms with Gasteiger partial charge in [-0.1, -0.05) is 18.6 Å². The van der Waals surface area contributed by atoms with Crippen molar-refractivity contribution in [1.29, 1.82) is 0 Å². The number of piperidine rings is 1. The molecule has 0 aliphatic carbocycles. The second kappa shape index (κ2) is 7.51. The van der Waals surface area contributed by atoms with Gasteiger partial charge < -0.3 is 14.7 Å². The van der Waals surface area contributed by atoms with Crippen LogP contribution in [0.15, 0.2) is 24.3 Å². The minimum absolute atomic E-state index is 0.387. The first-order chi connectivity index (χ1) is 9.29. The van der Waals surface area contributed by atoms with Gasteiger partial charge in [-0.25, -0.2) is 0 Å². The summed E-state index contributed by atoms with van der Waals surface area (Å²) < 4.78 is 5.47. The summed E-state index contributed by atoms with van der Waals surface area (Å²) in [5.41, 5.74) is 0.961. The van der Waals surface area contributed by atoms with Crippen LogP contribution >= 0.6 is 0 Å². The molecular weight excluding hydrogens is 238 g/mol. The summed E-state index contributed by atoms with van der Waals surface area (Å²) in [6.07, 6.45) is 4.37. The smallest absolute Gasteiger partial charge is 0.119 e.